The number of hydrogen-bond donors (Lipinski definition) is 2. The lowest BCUT2D eigenvalue weighted by atomic mass is 10.0. The summed E-state index contributed by atoms with van der Waals surface area (Å²) >= 11 is 0. The Hall–Kier alpha value is -0.900. The third-order valence-corrected chi connectivity index (χ3v) is 1.20. The molecular formula is C8H16O4. The molecule has 0 bridgehead atoms. The second kappa shape index (κ2) is 8.20. The molecule has 0 aromatic carbocycles. The number of carboxylic acid groups (broad SMARTS) is 1. The number of aliphatic hydroxyl groups is 1. The Labute approximate surface area is 72.2 Å². The smallest absolute Gasteiger partial charge is 0.314 e. The molecule has 0 fully saturated rings. The maximum atomic E-state index is 10.4. The first-order chi connectivity index (χ1) is 5.51. The van der Waals surface area contributed by atoms with Gasteiger partial charge in [-0.25, -0.2) is 0 Å². The van der Waals surface area contributed by atoms with Crippen molar-refractivity contribution in [2.24, 2.45) is 5.92 Å². The van der Waals surface area contributed by atoms with Crippen LogP contribution < -0.4 is 0 Å². The summed E-state index contributed by atoms with van der Waals surface area (Å²) in [5.41, 5.74) is 0. The van der Waals surface area contributed by atoms with Crippen LogP contribution in [0.1, 0.15) is 27.2 Å². The normalized spacial score (nSPS) is 11.0. The van der Waals surface area contributed by atoms with Crippen LogP contribution in [0.15, 0.2) is 0 Å². The van der Waals surface area contributed by atoms with Gasteiger partial charge < -0.3 is 10.2 Å². The summed E-state index contributed by atoms with van der Waals surface area (Å²) in [4.78, 5) is 20.6. The number of rotatable bonds is 3. The minimum atomic E-state index is -1.02. The fourth-order valence-electron chi connectivity index (χ4n) is 0.636. The highest BCUT2D eigenvalue weighted by Crippen LogP contribution is 2.02. The highest BCUT2D eigenvalue weighted by atomic mass is 16.4. The summed E-state index contributed by atoms with van der Waals surface area (Å²) in [6.45, 7) is 4.91. The first kappa shape index (κ1) is 13.7. The minimum Gasteiger partial charge on any atom is -0.481 e. The van der Waals surface area contributed by atoms with Crippen molar-refractivity contribution in [3.63, 3.8) is 0 Å². The largest absolute Gasteiger partial charge is 0.481 e. The van der Waals surface area contributed by atoms with Crippen LogP contribution in [0.25, 0.3) is 0 Å². The molecule has 0 aromatic rings. The molecule has 0 spiro atoms. The third kappa shape index (κ3) is 7.21. The summed E-state index contributed by atoms with van der Waals surface area (Å²) in [5.74, 6) is -2.10. The van der Waals surface area contributed by atoms with E-state index < -0.39 is 11.9 Å². The zero-order chi connectivity index (χ0) is 10.1. The van der Waals surface area contributed by atoms with Gasteiger partial charge in [-0.3, -0.25) is 9.59 Å². The van der Waals surface area contributed by atoms with E-state index in [1.807, 2.05) is 0 Å². The first-order valence-electron chi connectivity index (χ1n) is 3.85. The van der Waals surface area contributed by atoms with Gasteiger partial charge in [0.15, 0.2) is 0 Å². The summed E-state index contributed by atoms with van der Waals surface area (Å²) in [7, 11) is 0. The third-order valence-electron chi connectivity index (χ3n) is 1.20. The fraction of sp³-hybridized carbons (Fsp3) is 0.750. The Morgan fingerprint density at radius 3 is 1.67 bits per heavy atom. The van der Waals surface area contributed by atoms with Gasteiger partial charge >= 0.3 is 5.97 Å². The molecule has 1 atom stereocenters. The van der Waals surface area contributed by atoms with Crippen molar-refractivity contribution in [2.45, 2.75) is 27.2 Å². The molecule has 0 aliphatic rings. The summed E-state index contributed by atoms with van der Waals surface area (Å²) in [5, 5.41) is 15.9. The Kier molecular flexibility index (Phi) is 9.34. The summed E-state index contributed by atoms with van der Waals surface area (Å²) in [6, 6.07) is 0. The molecule has 4 heteroatoms. The number of aliphatic hydroxyl groups excluding tert-OH is 1. The molecule has 1 unspecified atom stereocenters. The average molecular weight is 176 g/mol. The number of aliphatic carboxylic acids is 1. The molecule has 2 N–H and O–H groups in total. The molecule has 12 heavy (non-hydrogen) atoms. The van der Waals surface area contributed by atoms with Gasteiger partial charge in [0.05, 0.1) is 0 Å². The van der Waals surface area contributed by atoms with Gasteiger partial charge in [0.25, 0.3) is 0 Å². The van der Waals surface area contributed by atoms with E-state index in [0.29, 0.717) is 6.42 Å². The van der Waals surface area contributed by atoms with Gasteiger partial charge in [0, 0.05) is 6.61 Å². The molecule has 4 nitrogen and oxygen atoms in total. The molecule has 72 valence electrons. The number of ketones is 1. The molecule has 0 saturated heterocycles. The highest BCUT2D eigenvalue weighted by molar-refractivity contribution is 5.96. The predicted molar refractivity (Wildman–Crippen MR) is 44.9 cm³/mol. The topological polar surface area (TPSA) is 74.6 Å². The lowest BCUT2D eigenvalue weighted by Gasteiger charge is -2.01. The Balaban J connectivity index is 0. The number of carboxylic acids is 1. The second-order valence-electron chi connectivity index (χ2n) is 2.23. The Morgan fingerprint density at radius 1 is 1.33 bits per heavy atom. The van der Waals surface area contributed by atoms with Crippen LogP contribution in [0, 0.1) is 5.92 Å². The molecule has 0 rings (SSSR count). The van der Waals surface area contributed by atoms with Crippen molar-refractivity contribution < 1.29 is 19.8 Å². The van der Waals surface area contributed by atoms with E-state index >= 15 is 0 Å². The van der Waals surface area contributed by atoms with E-state index in [1.165, 1.54) is 6.92 Å². The van der Waals surface area contributed by atoms with E-state index in [2.05, 4.69) is 0 Å². The van der Waals surface area contributed by atoms with Gasteiger partial charge in [-0.1, -0.05) is 6.92 Å². The summed E-state index contributed by atoms with van der Waals surface area (Å²) in [6.07, 6.45) is 0.380. The minimum absolute atomic E-state index is 0.250. The van der Waals surface area contributed by atoms with Crippen molar-refractivity contribution in [1.82, 2.24) is 0 Å². The average Bonchev–Trinajstić information content (AvgIpc) is 1.88. The fourth-order valence-corrected chi connectivity index (χ4v) is 0.636. The molecule has 0 heterocycles. The molecule has 0 aliphatic carbocycles. The molecule has 0 aliphatic heterocycles. The quantitative estimate of drug-likeness (QED) is 0.620. The van der Waals surface area contributed by atoms with Crippen LogP contribution >= 0.6 is 0 Å². The van der Waals surface area contributed by atoms with Crippen LogP contribution in [0.3, 0.4) is 0 Å². The van der Waals surface area contributed by atoms with Crippen molar-refractivity contribution in [3.8, 4) is 0 Å². The maximum Gasteiger partial charge on any atom is 0.314 e. The maximum absolute atomic E-state index is 10.4. The lowest BCUT2D eigenvalue weighted by molar-refractivity contribution is -0.145. The molecule has 0 aromatic heterocycles. The van der Waals surface area contributed by atoms with Crippen molar-refractivity contribution in [3.05, 3.63) is 0 Å². The van der Waals surface area contributed by atoms with Crippen LogP contribution in [0.5, 0.6) is 0 Å². The van der Waals surface area contributed by atoms with Crippen LogP contribution in [0.4, 0.5) is 0 Å². The number of hydrogen-bond acceptors (Lipinski definition) is 3. The Morgan fingerprint density at radius 2 is 1.67 bits per heavy atom. The monoisotopic (exact) mass is 176 g/mol. The SMILES string of the molecule is CCC(C(C)=O)C(=O)O.CCO. The van der Waals surface area contributed by atoms with E-state index in [9.17, 15) is 9.59 Å². The second-order valence-corrected chi connectivity index (χ2v) is 2.23. The van der Waals surface area contributed by atoms with Crippen LogP contribution in [-0.2, 0) is 9.59 Å². The van der Waals surface area contributed by atoms with Crippen LogP contribution in [-0.4, -0.2) is 28.6 Å². The van der Waals surface area contributed by atoms with Gasteiger partial charge in [0.1, 0.15) is 11.7 Å². The van der Waals surface area contributed by atoms with Crippen molar-refractivity contribution >= 4 is 11.8 Å². The highest BCUT2D eigenvalue weighted by Gasteiger charge is 2.19. The van der Waals surface area contributed by atoms with E-state index in [1.54, 1.807) is 13.8 Å². The molecule has 0 amide bonds. The molecule has 0 radical (unpaired) electrons. The van der Waals surface area contributed by atoms with E-state index in [0.717, 1.165) is 0 Å². The number of carbonyl (C=O) groups excluding carboxylic acids is 1. The number of Topliss-reactive ketones (excluding diaryl/α,β-unsaturated/α-hetero) is 1. The molecule has 0 saturated carbocycles. The lowest BCUT2D eigenvalue weighted by Crippen LogP contribution is -2.19. The zero-order valence-corrected chi connectivity index (χ0v) is 7.70. The molecular weight excluding hydrogens is 160 g/mol. The van der Waals surface area contributed by atoms with Gasteiger partial charge in [-0.15, -0.1) is 0 Å². The van der Waals surface area contributed by atoms with E-state index in [-0.39, 0.29) is 12.4 Å². The standard InChI is InChI=1S/C6H10O3.C2H6O/c1-3-5(4(2)7)6(8)9;1-2-3/h5H,3H2,1-2H3,(H,8,9);3H,2H2,1H3. The first-order valence-corrected chi connectivity index (χ1v) is 3.85. The van der Waals surface area contributed by atoms with E-state index in [4.69, 9.17) is 10.2 Å². The Bertz CT molecular complexity index is 128. The summed E-state index contributed by atoms with van der Waals surface area (Å²) < 4.78 is 0. The van der Waals surface area contributed by atoms with Gasteiger partial charge in [-0.05, 0) is 20.3 Å². The zero-order valence-electron chi connectivity index (χ0n) is 7.70. The predicted octanol–water partition coefficient (Wildman–Crippen LogP) is 0.685. The van der Waals surface area contributed by atoms with Gasteiger partial charge in [-0.2, -0.15) is 0 Å². The van der Waals surface area contributed by atoms with Crippen LogP contribution in [0.2, 0.25) is 0 Å². The van der Waals surface area contributed by atoms with Gasteiger partial charge in [0.2, 0.25) is 0 Å². The van der Waals surface area contributed by atoms with Crippen molar-refractivity contribution in [1.29, 1.82) is 0 Å². The number of carbonyl (C=O) groups is 2. The van der Waals surface area contributed by atoms with Crippen molar-refractivity contribution in [2.75, 3.05) is 6.61 Å².